The van der Waals surface area contributed by atoms with Crippen LogP contribution in [0, 0.1) is 0 Å². The number of fused-ring (bicyclic) bond motifs is 1. The number of aromatic carboxylic acids is 1. The van der Waals surface area contributed by atoms with Crippen molar-refractivity contribution in [2.75, 3.05) is 0 Å². The maximum atomic E-state index is 11.2. The third kappa shape index (κ3) is 4.07. The molecule has 0 heterocycles. The Hall–Kier alpha value is -1.95. The van der Waals surface area contributed by atoms with Crippen LogP contribution in [0.4, 0.5) is 11.4 Å². The SMILES string of the molecule is O=C(O)c1cc(N=Nc2cccc(O)c2)c2ccccc2c1.[Ca+2].[H-].[H-]. The third-order valence-corrected chi connectivity index (χ3v) is 3.19. The van der Waals surface area contributed by atoms with Gasteiger partial charge in [-0.3, -0.25) is 0 Å². The molecule has 3 aromatic rings. The summed E-state index contributed by atoms with van der Waals surface area (Å²) in [5.74, 6) is -0.917. The molecule has 112 valence electrons. The molecule has 0 bridgehead atoms. The van der Waals surface area contributed by atoms with Crippen molar-refractivity contribution in [2.24, 2.45) is 10.2 Å². The fourth-order valence-corrected chi connectivity index (χ4v) is 2.16. The largest absolute Gasteiger partial charge is 2.00 e. The predicted octanol–water partition coefficient (Wildman–Crippen LogP) is 4.50. The van der Waals surface area contributed by atoms with Crippen LogP contribution in [0.15, 0.2) is 70.9 Å². The van der Waals surface area contributed by atoms with Crippen LogP contribution in [0.5, 0.6) is 5.75 Å². The average Bonchev–Trinajstić information content (AvgIpc) is 2.52. The molecule has 6 heteroatoms. The summed E-state index contributed by atoms with van der Waals surface area (Å²) in [7, 11) is 0. The molecular formula is C17H14CaN2O3. The summed E-state index contributed by atoms with van der Waals surface area (Å²) >= 11 is 0. The molecule has 0 aromatic heterocycles. The first-order valence-corrected chi connectivity index (χ1v) is 6.60. The number of aromatic hydroxyl groups is 1. The Bertz CT molecular complexity index is 904. The molecule has 5 nitrogen and oxygen atoms in total. The van der Waals surface area contributed by atoms with Crippen LogP contribution in [0.1, 0.15) is 13.2 Å². The van der Waals surface area contributed by atoms with Crippen LogP contribution in [-0.4, -0.2) is 53.9 Å². The zero-order valence-corrected chi connectivity index (χ0v) is 14.4. The minimum atomic E-state index is -1.01. The molecule has 0 aliphatic rings. The molecule has 0 atom stereocenters. The van der Waals surface area contributed by atoms with Gasteiger partial charge in [0.15, 0.2) is 0 Å². The molecular weight excluding hydrogens is 320 g/mol. The van der Waals surface area contributed by atoms with Gasteiger partial charge in [0.05, 0.1) is 16.9 Å². The van der Waals surface area contributed by atoms with E-state index < -0.39 is 5.97 Å². The van der Waals surface area contributed by atoms with E-state index in [0.717, 1.165) is 10.8 Å². The van der Waals surface area contributed by atoms with Gasteiger partial charge in [-0.2, -0.15) is 5.11 Å². The van der Waals surface area contributed by atoms with Crippen molar-refractivity contribution in [3.63, 3.8) is 0 Å². The van der Waals surface area contributed by atoms with Gasteiger partial charge < -0.3 is 13.1 Å². The normalized spacial score (nSPS) is 10.6. The number of carboxylic acid groups (broad SMARTS) is 1. The van der Waals surface area contributed by atoms with Crippen LogP contribution >= 0.6 is 0 Å². The van der Waals surface area contributed by atoms with Gasteiger partial charge in [0.1, 0.15) is 5.75 Å². The summed E-state index contributed by atoms with van der Waals surface area (Å²) in [5.41, 5.74) is 1.12. The Morgan fingerprint density at radius 3 is 2.48 bits per heavy atom. The number of azo groups is 1. The zero-order chi connectivity index (χ0) is 15.5. The molecule has 2 N–H and O–H groups in total. The number of carboxylic acids is 1. The van der Waals surface area contributed by atoms with E-state index in [1.165, 1.54) is 12.1 Å². The molecule has 0 unspecified atom stereocenters. The average molecular weight is 334 g/mol. The zero-order valence-electron chi connectivity index (χ0n) is 14.2. The second kappa shape index (κ2) is 7.55. The van der Waals surface area contributed by atoms with Gasteiger partial charge in [0.2, 0.25) is 0 Å². The maximum absolute atomic E-state index is 11.2. The Kier molecular flexibility index (Phi) is 5.71. The smallest absolute Gasteiger partial charge is 1.00 e. The van der Waals surface area contributed by atoms with Crippen molar-refractivity contribution in [1.82, 2.24) is 0 Å². The third-order valence-electron chi connectivity index (χ3n) is 3.19. The molecule has 23 heavy (non-hydrogen) atoms. The van der Waals surface area contributed by atoms with Crippen LogP contribution < -0.4 is 0 Å². The van der Waals surface area contributed by atoms with E-state index in [2.05, 4.69) is 10.2 Å². The fourth-order valence-electron chi connectivity index (χ4n) is 2.16. The number of carbonyl (C=O) groups is 1. The number of hydrogen-bond donors (Lipinski definition) is 2. The van der Waals surface area contributed by atoms with Crippen molar-refractivity contribution in [3.05, 3.63) is 66.2 Å². The van der Waals surface area contributed by atoms with Crippen LogP contribution in [0.25, 0.3) is 10.8 Å². The van der Waals surface area contributed by atoms with Crippen molar-refractivity contribution in [1.29, 1.82) is 0 Å². The van der Waals surface area contributed by atoms with Crippen molar-refractivity contribution in [3.8, 4) is 5.75 Å². The second-order valence-corrected chi connectivity index (χ2v) is 4.74. The van der Waals surface area contributed by atoms with E-state index in [0.29, 0.717) is 11.4 Å². The molecule has 0 spiro atoms. The Morgan fingerprint density at radius 2 is 1.74 bits per heavy atom. The summed E-state index contributed by atoms with van der Waals surface area (Å²) in [6.07, 6.45) is 0. The summed E-state index contributed by atoms with van der Waals surface area (Å²) in [6, 6.07) is 16.9. The topological polar surface area (TPSA) is 82.2 Å². The van der Waals surface area contributed by atoms with E-state index in [-0.39, 0.29) is 51.9 Å². The van der Waals surface area contributed by atoms with Gasteiger partial charge in [0, 0.05) is 11.5 Å². The van der Waals surface area contributed by atoms with Gasteiger partial charge in [-0.05, 0) is 29.7 Å². The van der Waals surface area contributed by atoms with Gasteiger partial charge in [-0.15, -0.1) is 5.11 Å². The van der Waals surface area contributed by atoms with Crippen molar-refractivity contribution < 1.29 is 17.9 Å². The molecule has 0 amide bonds. The minimum absolute atomic E-state index is 0. The van der Waals surface area contributed by atoms with E-state index in [1.807, 2.05) is 24.3 Å². The summed E-state index contributed by atoms with van der Waals surface area (Å²) in [6.45, 7) is 0. The first-order valence-electron chi connectivity index (χ1n) is 6.60. The molecule has 0 aliphatic carbocycles. The molecule has 3 aromatic carbocycles. The van der Waals surface area contributed by atoms with E-state index in [4.69, 9.17) is 0 Å². The number of hydrogen-bond acceptors (Lipinski definition) is 4. The monoisotopic (exact) mass is 334 g/mol. The molecule has 0 radical (unpaired) electrons. The van der Waals surface area contributed by atoms with Crippen molar-refractivity contribution >= 4 is 65.9 Å². The van der Waals surface area contributed by atoms with E-state index >= 15 is 0 Å². The van der Waals surface area contributed by atoms with Crippen LogP contribution in [0.2, 0.25) is 0 Å². The summed E-state index contributed by atoms with van der Waals surface area (Å²) in [5, 5.41) is 28.4. The van der Waals surface area contributed by atoms with E-state index in [9.17, 15) is 15.0 Å². The molecule has 3 rings (SSSR count). The number of phenols is 1. The van der Waals surface area contributed by atoms with Crippen LogP contribution in [-0.2, 0) is 0 Å². The maximum Gasteiger partial charge on any atom is 2.00 e. The van der Waals surface area contributed by atoms with Gasteiger partial charge in [0.25, 0.3) is 0 Å². The first-order chi connectivity index (χ1) is 10.6. The standard InChI is InChI=1S/C17H12N2O3.Ca.2H/c20-14-6-3-5-13(10-14)18-19-16-9-12(17(21)22)8-11-4-1-2-7-15(11)16;;;/h1-10,20H,(H,21,22);;;/q;+2;2*-1. The number of benzene rings is 3. The number of nitrogens with zero attached hydrogens (tertiary/aromatic N) is 2. The second-order valence-electron chi connectivity index (χ2n) is 4.74. The molecule has 0 saturated heterocycles. The Balaban J connectivity index is 0.00000192. The first kappa shape index (κ1) is 17.4. The van der Waals surface area contributed by atoms with Gasteiger partial charge >= 0.3 is 43.7 Å². The van der Waals surface area contributed by atoms with Crippen LogP contribution in [0.3, 0.4) is 0 Å². The Labute approximate surface area is 165 Å². The number of rotatable bonds is 3. The molecule has 0 saturated carbocycles. The molecule has 0 fully saturated rings. The van der Waals surface area contributed by atoms with Crippen molar-refractivity contribution in [2.45, 2.75) is 0 Å². The van der Waals surface area contributed by atoms with Gasteiger partial charge in [-0.1, -0.05) is 30.3 Å². The molecule has 0 aliphatic heterocycles. The number of phenolic OH excluding ortho intramolecular Hbond substituents is 1. The Morgan fingerprint density at radius 1 is 0.957 bits per heavy atom. The van der Waals surface area contributed by atoms with E-state index in [1.54, 1.807) is 24.3 Å². The predicted molar refractivity (Wildman–Crippen MR) is 91.2 cm³/mol. The minimum Gasteiger partial charge on any atom is -1.00 e. The summed E-state index contributed by atoms with van der Waals surface area (Å²) < 4.78 is 0. The fraction of sp³-hybridized carbons (Fsp3) is 0. The summed E-state index contributed by atoms with van der Waals surface area (Å²) in [4.78, 5) is 11.2. The quantitative estimate of drug-likeness (QED) is 0.546. The van der Waals surface area contributed by atoms with Gasteiger partial charge in [-0.25, -0.2) is 4.79 Å².